The molecule has 3 heteroatoms. The molecule has 0 amide bonds. The van der Waals surface area contributed by atoms with Gasteiger partial charge in [-0.1, -0.05) is 28.1 Å². The van der Waals surface area contributed by atoms with Gasteiger partial charge in [0, 0.05) is 17.6 Å². The van der Waals surface area contributed by atoms with E-state index in [4.69, 9.17) is 10.5 Å². The van der Waals surface area contributed by atoms with E-state index in [1.54, 1.807) is 0 Å². The van der Waals surface area contributed by atoms with Gasteiger partial charge in [-0.05, 0) is 24.1 Å². The second-order valence-electron chi connectivity index (χ2n) is 2.77. The van der Waals surface area contributed by atoms with Gasteiger partial charge in [-0.15, -0.1) is 0 Å². The lowest BCUT2D eigenvalue weighted by atomic mass is 10.1. The highest BCUT2D eigenvalue weighted by atomic mass is 79.9. The fourth-order valence-electron chi connectivity index (χ4n) is 1.05. The molecule has 1 aromatic rings. The molecular weight excluding hydrogens is 230 g/mol. The Labute approximate surface area is 87.2 Å². The van der Waals surface area contributed by atoms with Crippen molar-refractivity contribution < 1.29 is 4.74 Å². The summed E-state index contributed by atoms with van der Waals surface area (Å²) >= 11 is 3.48. The Bertz CT molecular complexity index is 276. The summed E-state index contributed by atoms with van der Waals surface area (Å²) in [5.74, 6) is 0. The Morgan fingerprint density at radius 2 is 2.23 bits per heavy atom. The lowest BCUT2D eigenvalue weighted by Crippen LogP contribution is -1.98. The maximum Gasteiger partial charge on any atom is 0.0727 e. The van der Waals surface area contributed by atoms with Crippen LogP contribution in [-0.4, -0.2) is 6.61 Å². The Morgan fingerprint density at radius 3 is 2.77 bits per heavy atom. The third kappa shape index (κ3) is 3.10. The van der Waals surface area contributed by atoms with Crippen molar-refractivity contribution in [2.75, 3.05) is 6.61 Å². The Balaban J connectivity index is 2.73. The first-order chi connectivity index (χ1) is 6.27. The molecule has 0 saturated heterocycles. The van der Waals surface area contributed by atoms with Crippen LogP contribution >= 0.6 is 15.9 Å². The number of rotatable bonds is 4. The predicted molar refractivity (Wildman–Crippen MR) is 57.4 cm³/mol. The Morgan fingerprint density at radius 1 is 1.46 bits per heavy atom. The van der Waals surface area contributed by atoms with Crippen molar-refractivity contribution in [2.45, 2.75) is 20.1 Å². The summed E-state index contributed by atoms with van der Waals surface area (Å²) in [6.45, 7) is 3.96. The first kappa shape index (κ1) is 10.7. The van der Waals surface area contributed by atoms with Crippen LogP contribution in [-0.2, 0) is 17.9 Å². The minimum absolute atomic E-state index is 0.577. The summed E-state index contributed by atoms with van der Waals surface area (Å²) in [6, 6.07) is 6.11. The lowest BCUT2D eigenvalue weighted by molar-refractivity contribution is 0.133. The van der Waals surface area contributed by atoms with Crippen molar-refractivity contribution in [1.82, 2.24) is 0 Å². The van der Waals surface area contributed by atoms with Crippen LogP contribution in [0.15, 0.2) is 22.7 Å². The predicted octanol–water partition coefficient (Wildman–Crippen LogP) is 2.44. The van der Waals surface area contributed by atoms with E-state index >= 15 is 0 Å². The number of halogens is 1. The molecule has 2 nitrogen and oxygen atoms in total. The van der Waals surface area contributed by atoms with Gasteiger partial charge in [-0.2, -0.15) is 0 Å². The second kappa shape index (κ2) is 5.37. The molecule has 1 rings (SSSR count). The van der Waals surface area contributed by atoms with Gasteiger partial charge in [0.05, 0.1) is 6.61 Å². The van der Waals surface area contributed by atoms with Crippen molar-refractivity contribution in [1.29, 1.82) is 0 Å². The zero-order chi connectivity index (χ0) is 9.68. The summed E-state index contributed by atoms with van der Waals surface area (Å²) in [5, 5.41) is 0. The minimum Gasteiger partial charge on any atom is -0.377 e. The molecule has 0 radical (unpaired) electrons. The second-order valence-corrected chi connectivity index (χ2v) is 3.62. The maximum atomic E-state index is 5.52. The quantitative estimate of drug-likeness (QED) is 0.882. The van der Waals surface area contributed by atoms with Crippen molar-refractivity contribution in [2.24, 2.45) is 5.73 Å². The van der Waals surface area contributed by atoms with Crippen LogP contribution in [0, 0.1) is 0 Å². The molecule has 2 N–H and O–H groups in total. The third-order valence-electron chi connectivity index (χ3n) is 1.81. The maximum absolute atomic E-state index is 5.52. The summed E-state index contributed by atoms with van der Waals surface area (Å²) in [7, 11) is 0. The number of nitrogens with two attached hydrogens (primary N) is 1. The molecule has 0 saturated carbocycles. The SMILES string of the molecule is CCOCc1ccc(CN)cc1Br. The number of ether oxygens (including phenoxy) is 1. The monoisotopic (exact) mass is 243 g/mol. The molecule has 0 aliphatic carbocycles. The topological polar surface area (TPSA) is 35.2 Å². The van der Waals surface area contributed by atoms with Crippen LogP contribution in [0.2, 0.25) is 0 Å². The van der Waals surface area contributed by atoms with E-state index in [9.17, 15) is 0 Å². The Kier molecular flexibility index (Phi) is 4.42. The molecule has 0 heterocycles. The van der Waals surface area contributed by atoms with Gasteiger partial charge in [0.25, 0.3) is 0 Å². The zero-order valence-corrected chi connectivity index (χ0v) is 9.30. The molecule has 1 aromatic carbocycles. The largest absolute Gasteiger partial charge is 0.377 e. The van der Waals surface area contributed by atoms with Crippen molar-refractivity contribution in [3.8, 4) is 0 Å². The van der Waals surface area contributed by atoms with E-state index in [2.05, 4.69) is 15.9 Å². The smallest absolute Gasteiger partial charge is 0.0727 e. The van der Waals surface area contributed by atoms with Gasteiger partial charge in [0.15, 0.2) is 0 Å². The van der Waals surface area contributed by atoms with Gasteiger partial charge in [0.2, 0.25) is 0 Å². The molecular formula is C10H14BrNO. The van der Waals surface area contributed by atoms with E-state index < -0.39 is 0 Å². The van der Waals surface area contributed by atoms with Crippen molar-refractivity contribution >= 4 is 15.9 Å². The standard InChI is InChI=1S/C10H14BrNO/c1-2-13-7-9-4-3-8(6-12)5-10(9)11/h3-5H,2,6-7,12H2,1H3. The summed E-state index contributed by atoms with van der Waals surface area (Å²) < 4.78 is 6.39. The van der Waals surface area contributed by atoms with Crippen LogP contribution in [0.5, 0.6) is 0 Å². The fourth-order valence-corrected chi connectivity index (χ4v) is 1.59. The highest BCUT2D eigenvalue weighted by Crippen LogP contribution is 2.19. The van der Waals surface area contributed by atoms with Crippen LogP contribution in [0.3, 0.4) is 0 Å². The number of hydrogen-bond acceptors (Lipinski definition) is 2. The molecule has 0 aromatic heterocycles. The molecule has 0 fully saturated rings. The average Bonchev–Trinajstić information content (AvgIpc) is 2.16. The first-order valence-corrected chi connectivity index (χ1v) is 5.12. The van der Waals surface area contributed by atoms with E-state index in [-0.39, 0.29) is 0 Å². The average molecular weight is 244 g/mol. The van der Waals surface area contributed by atoms with E-state index in [0.29, 0.717) is 13.2 Å². The number of benzene rings is 1. The molecule has 0 spiro atoms. The lowest BCUT2D eigenvalue weighted by Gasteiger charge is -2.06. The zero-order valence-electron chi connectivity index (χ0n) is 7.72. The van der Waals surface area contributed by atoms with E-state index in [1.165, 1.54) is 5.56 Å². The number of hydrogen-bond donors (Lipinski definition) is 1. The van der Waals surface area contributed by atoms with Gasteiger partial charge in [0.1, 0.15) is 0 Å². The van der Waals surface area contributed by atoms with Crippen LogP contribution in [0.1, 0.15) is 18.1 Å². The van der Waals surface area contributed by atoms with Gasteiger partial charge in [-0.25, -0.2) is 0 Å². The van der Waals surface area contributed by atoms with E-state index in [1.807, 2.05) is 25.1 Å². The van der Waals surface area contributed by atoms with Crippen LogP contribution < -0.4 is 5.73 Å². The normalized spacial score (nSPS) is 10.4. The van der Waals surface area contributed by atoms with Gasteiger partial charge in [-0.3, -0.25) is 0 Å². The third-order valence-corrected chi connectivity index (χ3v) is 2.55. The van der Waals surface area contributed by atoms with Crippen LogP contribution in [0.25, 0.3) is 0 Å². The first-order valence-electron chi connectivity index (χ1n) is 4.33. The highest BCUT2D eigenvalue weighted by Gasteiger charge is 2.00. The highest BCUT2D eigenvalue weighted by molar-refractivity contribution is 9.10. The fraction of sp³-hybridized carbons (Fsp3) is 0.400. The molecule has 13 heavy (non-hydrogen) atoms. The van der Waals surface area contributed by atoms with Crippen molar-refractivity contribution in [3.63, 3.8) is 0 Å². The molecule has 0 unspecified atom stereocenters. The molecule has 0 atom stereocenters. The molecule has 0 aliphatic heterocycles. The van der Waals surface area contributed by atoms with Gasteiger partial charge < -0.3 is 10.5 Å². The van der Waals surface area contributed by atoms with E-state index in [0.717, 1.165) is 16.6 Å². The summed E-state index contributed by atoms with van der Waals surface area (Å²) in [5.41, 5.74) is 7.81. The summed E-state index contributed by atoms with van der Waals surface area (Å²) in [6.07, 6.45) is 0. The summed E-state index contributed by atoms with van der Waals surface area (Å²) in [4.78, 5) is 0. The van der Waals surface area contributed by atoms with Crippen molar-refractivity contribution in [3.05, 3.63) is 33.8 Å². The minimum atomic E-state index is 0.577. The Hall–Kier alpha value is -0.380. The molecule has 72 valence electrons. The molecule has 0 aliphatic rings. The van der Waals surface area contributed by atoms with Gasteiger partial charge >= 0.3 is 0 Å². The van der Waals surface area contributed by atoms with Crippen LogP contribution in [0.4, 0.5) is 0 Å². The molecule has 0 bridgehead atoms.